The van der Waals surface area contributed by atoms with Crippen molar-refractivity contribution in [3.63, 3.8) is 0 Å². The highest BCUT2D eigenvalue weighted by atomic mass is 16.2. The fourth-order valence-corrected chi connectivity index (χ4v) is 3.45. The summed E-state index contributed by atoms with van der Waals surface area (Å²) in [6.45, 7) is 5.30. The zero-order valence-electron chi connectivity index (χ0n) is 14.6. The normalized spacial score (nSPS) is 22.7. The van der Waals surface area contributed by atoms with Crippen LogP contribution in [0.15, 0.2) is 24.3 Å². The summed E-state index contributed by atoms with van der Waals surface area (Å²) in [6.07, 6.45) is 1.34. The maximum Gasteiger partial charge on any atom is 0.333 e. The molecule has 1 aromatic rings. The molecular formula is C18H24N4O3. The number of imide groups is 1. The third-order valence-corrected chi connectivity index (χ3v) is 5.09. The average Bonchev–Trinajstić information content (AvgIpc) is 2.80. The molecule has 0 saturated carbocycles. The summed E-state index contributed by atoms with van der Waals surface area (Å²) in [6, 6.07) is 6.77. The van der Waals surface area contributed by atoms with Gasteiger partial charge in [0, 0.05) is 24.7 Å². The molecule has 0 spiro atoms. The Morgan fingerprint density at radius 1 is 1.16 bits per heavy atom. The Morgan fingerprint density at radius 2 is 1.76 bits per heavy atom. The molecule has 0 bridgehead atoms. The lowest BCUT2D eigenvalue weighted by Gasteiger charge is -2.32. The largest absolute Gasteiger partial charge is 0.369 e. The van der Waals surface area contributed by atoms with Gasteiger partial charge in [-0.05, 0) is 38.8 Å². The Hall–Kier alpha value is -2.41. The topological polar surface area (TPSA) is 86.9 Å². The third-order valence-electron chi connectivity index (χ3n) is 5.09. The summed E-state index contributed by atoms with van der Waals surface area (Å²) in [5.41, 5.74) is 7.18. The van der Waals surface area contributed by atoms with Crippen LogP contribution in [0.3, 0.4) is 0 Å². The van der Waals surface area contributed by atoms with Crippen molar-refractivity contribution < 1.29 is 14.4 Å². The number of piperidine rings is 1. The highest BCUT2D eigenvalue weighted by Crippen LogP contribution is 2.27. The number of urea groups is 1. The van der Waals surface area contributed by atoms with E-state index in [1.54, 1.807) is 6.92 Å². The zero-order valence-corrected chi connectivity index (χ0v) is 14.6. The molecule has 0 aliphatic carbocycles. The van der Waals surface area contributed by atoms with Crippen LogP contribution >= 0.6 is 0 Å². The molecule has 7 nitrogen and oxygen atoms in total. The summed E-state index contributed by atoms with van der Waals surface area (Å²) in [4.78, 5) is 41.5. The molecule has 2 aliphatic heterocycles. The molecule has 2 saturated heterocycles. The molecule has 25 heavy (non-hydrogen) atoms. The van der Waals surface area contributed by atoms with Gasteiger partial charge in [0.25, 0.3) is 5.91 Å². The van der Waals surface area contributed by atoms with E-state index in [1.165, 1.54) is 9.80 Å². The molecule has 0 radical (unpaired) electrons. The molecule has 134 valence electrons. The van der Waals surface area contributed by atoms with Gasteiger partial charge in [-0.3, -0.25) is 19.4 Å². The van der Waals surface area contributed by atoms with E-state index in [4.69, 9.17) is 5.73 Å². The number of likely N-dealkylation sites (tertiary alicyclic amines) is 1. The van der Waals surface area contributed by atoms with E-state index in [0.717, 1.165) is 11.3 Å². The predicted octanol–water partition coefficient (Wildman–Crippen LogP) is 1.31. The van der Waals surface area contributed by atoms with E-state index in [-0.39, 0.29) is 30.4 Å². The van der Waals surface area contributed by atoms with Crippen molar-refractivity contribution in [3.05, 3.63) is 29.8 Å². The smallest absolute Gasteiger partial charge is 0.333 e. The number of benzene rings is 1. The van der Waals surface area contributed by atoms with Gasteiger partial charge in [-0.25, -0.2) is 9.69 Å². The van der Waals surface area contributed by atoms with Crippen LogP contribution in [0.25, 0.3) is 0 Å². The molecule has 4 amide bonds. The molecule has 1 unspecified atom stereocenters. The van der Waals surface area contributed by atoms with Crippen molar-refractivity contribution >= 4 is 23.5 Å². The van der Waals surface area contributed by atoms with Crippen LogP contribution in [0.4, 0.5) is 10.5 Å². The summed E-state index contributed by atoms with van der Waals surface area (Å²) < 4.78 is 0. The number of anilines is 1. The zero-order chi connectivity index (χ0) is 18.1. The van der Waals surface area contributed by atoms with Crippen molar-refractivity contribution in [2.45, 2.75) is 32.7 Å². The van der Waals surface area contributed by atoms with Crippen LogP contribution in [-0.2, 0) is 9.59 Å². The van der Waals surface area contributed by atoms with E-state index < -0.39 is 6.04 Å². The quantitative estimate of drug-likeness (QED) is 0.834. The number of primary amides is 1. The first kappa shape index (κ1) is 17.4. The van der Waals surface area contributed by atoms with E-state index in [9.17, 15) is 14.4 Å². The lowest BCUT2D eigenvalue weighted by atomic mass is 9.97. The summed E-state index contributed by atoms with van der Waals surface area (Å²) in [5, 5.41) is 0. The molecule has 2 aliphatic rings. The molecular weight excluding hydrogens is 320 g/mol. The number of nitrogens with two attached hydrogens (primary N) is 1. The van der Waals surface area contributed by atoms with Crippen molar-refractivity contribution in [2.75, 3.05) is 24.7 Å². The monoisotopic (exact) mass is 344 g/mol. The summed E-state index contributed by atoms with van der Waals surface area (Å²) >= 11 is 0. The van der Waals surface area contributed by atoms with Crippen LogP contribution in [0, 0.1) is 12.8 Å². The second kappa shape index (κ2) is 6.84. The Balaban J connectivity index is 1.69. The minimum absolute atomic E-state index is 0.107. The fraction of sp³-hybridized carbons (Fsp3) is 0.500. The van der Waals surface area contributed by atoms with Gasteiger partial charge in [0.2, 0.25) is 5.91 Å². The standard InChI is InChI=1S/C18H24N4O3/c1-12-3-5-15(6-4-12)22-13(2)17(24)21(18(22)25)11-20-9-7-14(8-10-20)16(19)23/h3-6,13-14H,7-11H2,1-2H3,(H2,19,23). The molecule has 1 aromatic carbocycles. The first-order valence-electron chi connectivity index (χ1n) is 8.61. The Morgan fingerprint density at radius 3 is 2.32 bits per heavy atom. The number of hydrogen-bond donors (Lipinski definition) is 1. The Labute approximate surface area is 147 Å². The minimum atomic E-state index is -0.515. The number of nitrogens with zero attached hydrogens (tertiary/aromatic N) is 3. The number of rotatable bonds is 4. The predicted molar refractivity (Wildman–Crippen MR) is 93.7 cm³/mol. The van der Waals surface area contributed by atoms with E-state index in [1.807, 2.05) is 36.1 Å². The molecule has 2 N–H and O–H groups in total. The minimum Gasteiger partial charge on any atom is -0.369 e. The van der Waals surface area contributed by atoms with Crippen LogP contribution in [0.1, 0.15) is 25.3 Å². The van der Waals surface area contributed by atoms with E-state index in [0.29, 0.717) is 25.9 Å². The SMILES string of the molecule is Cc1ccc(N2C(=O)N(CN3CCC(C(N)=O)CC3)C(=O)C2C)cc1. The van der Waals surface area contributed by atoms with Gasteiger partial charge >= 0.3 is 6.03 Å². The van der Waals surface area contributed by atoms with E-state index >= 15 is 0 Å². The van der Waals surface area contributed by atoms with Crippen LogP contribution in [0.2, 0.25) is 0 Å². The summed E-state index contributed by atoms with van der Waals surface area (Å²) in [5.74, 6) is -0.570. The van der Waals surface area contributed by atoms with Crippen molar-refractivity contribution in [3.8, 4) is 0 Å². The fourth-order valence-electron chi connectivity index (χ4n) is 3.45. The maximum atomic E-state index is 12.8. The van der Waals surface area contributed by atoms with Gasteiger partial charge in [-0.2, -0.15) is 0 Å². The van der Waals surface area contributed by atoms with Crippen LogP contribution in [0.5, 0.6) is 0 Å². The molecule has 0 aromatic heterocycles. The first-order valence-corrected chi connectivity index (χ1v) is 8.61. The van der Waals surface area contributed by atoms with Crippen LogP contribution < -0.4 is 10.6 Å². The second-order valence-electron chi connectivity index (χ2n) is 6.87. The number of amides is 4. The van der Waals surface area contributed by atoms with E-state index in [2.05, 4.69) is 0 Å². The van der Waals surface area contributed by atoms with Gasteiger partial charge in [0.05, 0.1) is 6.67 Å². The van der Waals surface area contributed by atoms with Crippen LogP contribution in [-0.4, -0.2) is 53.4 Å². The Kier molecular flexibility index (Phi) is 4.76. The molecule has 2 heterocycles. The number of carbonyl (C=O) groups excluding carboxylic acids is 3. The number of carbonyl (C=O) groups is 3. The van der Waals surface area contributed by atoms with Gasteiger partial charge in [0.15, 0.2) is 0 Å². The van der Waals surface area contributed by atoms with Gasteiger partial charge in [-0.15, -0.1) is 0 Å². The number of hydrogen-bond acceptors (Lipinski definition) is 4. The highest BCUT2D eigenvalue weighted by Gasteiger charge is 2.44. The summed E-state index contributed by atoms with van der Waals surface area (Å²) in [7, 11) is 0. The second-order valence-corrected chi connectivity index (χ2v) is 6.87. The molecule has 3 rings (SSSR count). The van der Waals surface area contributed by atoms with Crippen molar-refractivity contribution in [1.82, 2.24) is 9.80 Å². The number of aryl methyl sites for hydroxylation is 1. The maximum absolute atomic E-state index is 12.8. The third kappa shape index (κ3) is 3.37. The molecule has 2 fully saturated rings. The highest BCUT2D eigenvalue weighted by molar-refractivity contribution is 6.14. The van der Waals surface area contributed by atoms with Crippen molar-refractivity contribution in [2.24, 2.45) is 11.7 Å². The molecule has 7 heteroatoms. The van der Waals surface area contributed by atoms with Gasteiger partial charge < -0.3 is 5.73 Å². The lowest BCUT2D eigenvalue weighted by Crippen LogP contribution is -2.46. The van der Waals surface area contributed by atoms with Crippen molar-refractivity contribution in [1.29, 1.82) is 0 Å². The molecule has 1 atom stereocenters. The first-order chi connectivity index (χ1) is 11.9. The van der Waals surface area contributed by atoms with Gasteiger partial charge in [0.1, 0.15) is 6.04 Å². The lowest BCUT2D eigenvalue weighted by molar-refractivity contribution is -0.129. The Bertz CT molecular complexity index is 680. The van der Waals surface area contributed by atoms with Gasteiger partial charge in [-0.1, -0.05) is 17.7 Å². The average molecular weight is 344 g/mol.